The van der Waals surface area contributed by atoms with Gasteiger partial charge in [0, 0.05) is 11.7 Å². The maximum atomic E-state index is 3.48. The summed E-state index contributed by atoms with van der Waals surface area (Å²) in [5, 5.41) is 3.48. The van der Waals surface area contributed by atoms with Gasteiger partial charge in [0.25, 0.3) is 0 Å². The molecule has 1 saturated carbocycles. The SMILES string of the molecule is Cc1ccc(NC2CC2)cc1C. The molecule has 2 rings (SSSR count). The standard InChI is InChI=1S/C11H15N/c1-8-3-4-11(7-9(8)2)12-10-5-6-10/h3-4,7,10,12H,5-6H2,1-2H3. The van der Waals surface area contributed by atoms with Crippen molar-refractivity contribution in [2.45, 2.75) is 32.7 Å². The number of rotatable bonds is 2. The zero-order chi connectivity index (χ0) is 8.55. The Morgan fingerprint density at radius 3 is 2.50 bits per heavy atom. The van der Waals surface area contributed by atoms with Gasteiger partial charge < -0.3 is 5.32 Å². The second kappa shape index (κ2) is 2.81. The van der Waals surface area contributed by atoms with E-state index in [2.05, 4.69) is 37.4 Å². The van der Waals surface area contributed by atoms with E-state index in [1.165, 1.54) is 29.7 Å². The minimum atomic E-state index is 0.757. The smallest absolute Gasteiger partial charge is 0.0345 e. The van der Waals surface area contributed by atoms with Crippen molar-refractivity contribution in [1.29, 1.82) is 0 Å². The highest BCUT2D eigenvalue weighted by atomic mass is 14.9. The largest absolute Gasteiger partial charge is 0.382 e. The Morgan fingerprint density at radius 1 is 1.17 bits per heavy atom. The van der Waals surface area contributed by atoms with Gasteiger partial charge in [-0.25, -0.2) is 0 Å². The first-order valence-electron chi connectivity index (χ1n) is 4.59. The van der Waals surface area contributed by atoms with Crippen LogP contribution in [0.2, 0.25) is 0 Å². The molecule has 0 bridgehead atoms. The minimum absolute atomic E-state index is 0.757. The van der Waals surface area contributed by atoms with E-state index >= 15 is 0 Å². The van der Waals surface area contributed by atoms with Crippen LogP contribution >= 0.6 is 0 Å². The zero-order valence-corrected chi connectivity index (χ0v) is 7.72. The van der Waals surface area contributed by atoms with Crippen molar-refractivity contribution < 1.29 is 0 Å². The van der Waals surface area contributed by atoms with Crippen molar-refractivity contribution >= 4 is 5.69 Å². The Kier molecular flexibility index (Phi) is 1.80. The van der Waals surface area contributed by atoms with Crippen LogP contribution in [-0.2, 0) is 0 Å². The van der Waals surface area contributed by atoms with Crippen LogP contribution in [-0.4, -0.2) is 6.04 Å². The van der Waals surface area contributed by atoms with Gasteiger partial charge in [-0.3, -0.25) is 0 Å². The monoisotopic (exact) mass is 161 g/mol. The van der Waals surface area contributed by atoms with Crippen LogP contribution in [0.1, 0.15) is 24.0 Å². The lowest BCUT2D eigenvalue weighted by Crippen LogP contribution is -2.00. The van der Waals surface area contributed by atoms with Crippen LogP contribution in [0.5, 0.6) is 0 Å². The topological polar surface area (TPSA) is 12.0 Å². The Morgan fingerprint density at radius 2 is 1.92 bits per heavy atom. The van der Waals surface area contributed by atoms with Crippen LogP contribution in [0, 0.1) is 13.8 Å². The normalized spacial score (nSPS) is 16.2. The molecule has 0 saturated heterocycles. The molecule has 0 aromatic heterocycles. The van der Waals surface area contributed by atoms with E-state index < -0.39 is 0 Å². The molecule has 64 valence electrons. The molecule has 0 heterocycles. The third-order valence-electron chi connectivity index (χ3n) is 2.46. The summed E-state index contributed by atoms with van der Waals surface area (Å²) in [6.07, 6.45) is 2.68. The van der Waals surface area contributed by atoms with Gasteiger partial charge in [-0.1, -0.05) is 6.07 Å². The molecule has 0 atom stereocenters. The lowest BCUT2D eigenvalue weighted by Gasteiger charge is -2.06. The summed E-state index contributed by atoms with van der Waals surface area (Å²) < 4.78 is 0. The summed E-state index contributed by atoms with van der Waals surface area (Å²) in [6.45, 7) is 4.31. The van der Waals surface area contributed by atoms with Gasteiger partial charge >= 0.3 is 0 Å². The molecule has 1 aliphatic carbocycles. The lowest BCUT2D eigenvalue weighted by atomic mass is 10.1. The van der Waals surface area contributed by atoms with Gasteiger partial charge in [-0.2, -0.15) is 0 Å². The van der Waals surface area contributed by atoms with Crippen molar-refractivity contribution in [2.24, 2.45) is 0 Å². The Hall–Kier alpha value is -0.980. The third kappa shape index (κ3) is 1.60. The zero-order valence-electron chi connectivity index (χ0n) is 7.72. The quantitative estimate of drug-likeness (QED) is 0.703. The molecule has 1 aliphatic rings. The Labute approximate surface area is 73.8 Å². The number of hydrogen-bond acceptors (Lipinski definition) is 1. The first kappa shape index (κ1) is 7.66. The predicted octanol–water partition coefficient (Wildman–Crippen LogP) is 2.88. The fourth-order valence-corrected chi connectivity index (χ4v) is 1.29. The highest BCUT2D eigenvalue weighted by Crippen LogP contribution is 2.25. The van der Waals surface area contributed by atoms with Crippen LogP contribution in [0.15, 0.2) is 18.2 Å². The first-order chi connectivity index (χ1) is 5.75. The average molecular weight is 161 g/mol. The van der Waals surface area contributed by atoms with Crippen molar-refractivity contribution in [2.75, 3.05) is 5.32 Å². The Balaban J connectivity index is 2.15. The molecule has 0 radical (unpaired) electrons. The molecule has 1 nitrogen and oxygen atoms in total. The van der Waals surface area contributed by atoms with Gasteiger partial charge in [0.1, 0.15) is 0 Å². The third-order valence-corrected chi connectivity index (χ3v) is 2.46. The van der Waals surface area contributed by atoms with Crippen molar-refractivity contribution in [3.63, 3.8) is 0 Å². The molecular formula is C11H15N. The van der Waals surface area contributed by atoms with E-state index in [0.29, 0.717) is 0 Å². The summed E-state index contributed by atoms with van der Waals surface area (Å²) >= 11 is 0. The highest BCUT2D eigenvalue weighted by molar-refractivity contribution is 5.49. The molecular weight excluding hydrogens is 146 g/mol. The average Bonchev–Trinajstić information content (AvgIpc) is 2.81. The summed E-state index contributed by atoms with van der Waals surface area (Å²) in [6, 6.07) is 7.33. The second-order valence-corrected chi connectivity index (χ2v) is 3.72. The molecule has 12 heavy (non-hydrogen) atoms. The summed E-state index contributed by atoms with van der Waals surface area (Å²) in [5.74, 6) is 0. The maximum absolute atomic E-state index is 3.48. The van der Waals surface area contributed by atoms with Crippen molar-refractivity contribution in [3.8, 4) is 0 Å². The van der Waals surface area contributed by atoms with E-state index in [0.717, 1.165) is 6.04 Å². The number of anilines is 1. The minimum Gasteiger partial charge on any atom is -0.382 e. The molecule has 0 spiro atoms. The van der Waals surface area contributed by atoms with Gasteiger partial charge in [0.05, 0.1) is 0 Å². The molecule has 1 aromatic rings. The highest BCUT2D eigenvalue weighted by Gasteiger charge is 2.20. The van der Waals surface area contributed by atoms with E-state index in [1.54, 1.807) is 0 Å². The molecule has 0 aliphatic heterocycles. The number of benzene rings is 1. The fourth-order valence-electron chi connectivity index (χ4n) is 1.29. The molecule has 1 fully saturated rings. The van der Waals surface area contributed by atoms with Gasteiger partial charge in [-0.05, 0) is 49.9 Å². The number of aryl methyl sites for hydroxylation is 2. The molecule has 1 N–H and O–H groups in total. The fraction of sp³-hybridized carbons (Fsp3) is 0.455. The van der Waals surface area contributed by atoms with E-state index in [1.807, 2.05) is 0 Å². The first-order valence-corrected chi connectivity index (χ1v) is 4.59. The summed E-state index contributed by atoms with van der Waals surface area (Å²) in [4.78, 5) is 0. The van der Waals surface area contributed by atoms with Crippen LogP contribution in [0.25, 0.3) is 0 Å². The van der Waals surface area contributed by atoms with E-state index in [9.17, 15) is 0 Å². The van der Waals surface area contributed by atoms with Crippen molar-refractivity contribution in [1.82, 2.24) is 0 Å². The second-order valence-electron chi connectivity index (χ2n) is 3.72. The lowest BCUT2D eigenvalue weighted by molar-refractivity contribution is 1.15. The van der Waals surface area contributed by atoms with Crippen LogP contribution in [0.4, 0.5) is 5.69 Å². The van der Waals surface area contributed by atoms with Crippen LogP contribution in [0.3, 0.4) is 0 Å². The van der Waals surface area contributed by atoms with Gasteiger partial charge in [0.2, 0.25) is 0 Å². The number of hydrogen-bond donors (Lipinski definition) is 1. The molecule has 1 aromatic carbocycles. The molecule has 0 amide bonds. The van der Waals surface area contributed by atoms with Crippen LogP contribution < -0.4 is 5.32 Å². The van der Waals surface area contributed by atoms with Gasteiger partial charge in [-0.15, -0.1) is 0 Å². The summed E-state index contributed by atoms with van der Waals surface area (Å²) in [7, 11) is 0. The molecule has 1 heteroatoms. The van der Waals surface area contributed by atoms with Crippen molar-refractivity contribution in [3.05, 3.63) is 29.3 Å². The maximum Gasteiger partial charge on any atom is 0.0345 e. The van der Waals surface area contributed by atoms with E-state index in [4.69, 9.17) is 0 Å². The summed E-state index contributed by atoms with van der Waals surface area (Å²) in [5.41, 5.74) is 4.03. The predicted molar refractivity (Wildman–Crippen MR) is 52.6 cm³/mol. The Bertz CT molecular complexity index is 287. The number of nitrogens with one attached hydrogen (secondary N) is 1. The van der Waals surface area contributed by atoms with Gasteiger partial charge in [0.15, 0.2) is 0 Å². The molecule has 0 unspecified atom stereocenters. The van der Waals surface area contributed by atoms with E-state index in [-0.39, 0.29) is 0 Å².